The molecule has 1 aromatic heterocycles. The molecule has 7 rings (SSSR count). The number of hydrogen-bond acceptors (Lipinski definition) is 7. The van der Waals surface area contributed by atoms with Crippen molar-refractivity contribution >= 4 is 29.2 Å². The first-order chi connectivity index (χ1) is 20.6. The summed E-state index contributed by atoms with van der Waals surface area (Å²) in [6.45, 7) is -0.244. The predicted octanol–water partition coefficient (Wildman–Crippen LogP) is 4.97. The van der Waals surface area contributed by atoms with Crippen LogP contribution in [0.5, 0.6) is 5.75 Å². The van der Waals surface area contributed by atoms with Crippen molar-refractivity contribution in [2.24, 2.45) is 5.92 Å². The van der Waals surface area contributed by atoms with Crippen molar-refractivity contribution in [2.75, 3.05) is 11.9 Å². The predicted molar refractivity (Wildman–Crippen MR) is 155 cm³/mol. The summed E-state index contributed by atoms with van der Waals surface area (Å²) in [4.78, 5) is 50.0. The number of carbonyl (C=O) groups excluding carboxylic acids is 3. The van der Waals surface area contributed by atoms with Crippen LogP contribution in [0.15, 0.2) is 104 Å². The summed E-state index contributed by atoms with van der Waals surface area (Å²) in [5.74, 6) is -1.96. The van der Waals surface area contributed by atoms with Crippen LogP contribution in [0, 0.1) is 17.2 Å². The smallest absolute Gasteiger partial charge is 0.238 e. The van der Waals surface area contributed by atoms with Crippen LogP contribution in [-0.2, 0) is 10.2 Å². The van der Waals surface area contributed by atoms with E-state index in [9.17, 15) is 14.4 Å². The Kier molecular flexibility index (Phi) is 5.94. The maximum atomic E-state index is 14.8. The summed E-state index contributed by atoms with van der Waals surface area (Å²) in [5, 5.41) is 12.2. The van der Waals surface area contributed by atoms with Crippen molar-refractivity contribution in [2.45, 2.75) is 17.5 Å². The Balaban J connectivity index is 1.52. The molecule has 1 N–H and O–H groups in total. The second-order valence-corrected chi connectivity index (χ2v) is 10.5. The van der Waals surface area contributed by atoms with E-state index in [-0.39, 0.29) is 35.4 Å². The van der Waals surface area contributed by atoms with Gasteiger partial charge in [-0.1, -0.05) is 54.6 Å². The van der Waals surface area contributed by atoms with E-state index in [0.717, 1.165) is 11.1 Å². The van der Waals surface area contributed by atoms with Gasteiger partial charge in [0.25, 0.3) is 0 Å². The van der Waals surface area contributed by atoms with Gasteiger partial charge in [0.2, 0.25) is 5.91 Å². The first-order valence-electron chi connectivity index (χ1n) is 13.6. The second kappa shape index (κ2) is 9.82. The molecule has 8 nitrogen and oxygen atoms in total. The molecule has 0 aliphatic carbocycles. The number of nitrogens with zero attached hydrogens (tertiary/aromatic N) is 3. The monoisotopic (exact) mass is 552 g/mol. The molecule has 0 radical (unpaired) electrons. The molecule has 42 heavy (non-hydrogen) atoms. The normalized spacial score (nSPS) is 23.0. The van der Waals surface area contributed by atoms with Crippen LogP contribution in [0.3, 0.4) is 0 Å². The molecular weight excluding hydrogens is 528 g/mol. The lowest BCUT2D eigenvalue weighted by Gasteiger charge is -2.38. The van der Waals surface area contributed by atoms with Crippen LogP contribution in [0.25, 0.3) is 6.08 Å². The highest BCUT2D eigenvalue weighted by Crippen LogP contribution is 2.62. The Morgan fingerprint density at radius 2 is 1.76 bits per heavy atom. The van der Waals surface area contributed by atoms with Crippen LogP contribution in [0.1, 0.15) is 43.4 Å². The number of pyridine rings is 1. The Morgan fingerprint density at radius 3 is 2.60 bits per heavy atom. The van der Waals surface area contributed by atoms with Gasteiger partial charge in [-0.2, -0.15) is 5.26 Å². The zero-order valence-electron chi connectivity index (χ0n) is 22.3. The van der Waals surface area contributed by atoms with Crippen molar-refractivity contribution in [1.29, 1.82) is 5.26 Å². The minimum absolute atomic E-state index is 0.233. The average molecular weight is 553 g/mol. The highest BCUT2D eigenvalue weighted by atomic mass is 16.5. The van der Waals surface area contributed by atoms with Gasteiger partial charge in [-0.15, -0.1) is 0 Å². The standard InChI is InChI=1S/C34H24N4O4/c35-16-19-42-27-14-6-3-11-24(27)31(40)29-28(30(39)22-9-7-17-36-20-22)34(25-12-4-5-13-26(25)37-33(34)41)32-23-10-2-1-8-21(23)15-18-38(29)32/h1-15,17-18,20,28-29,32H,19H2,(H,37,41)/t28-,29+,32-,34-/m1/s1. The topological polar surface area (TPSA) is 112 Å². The summed E-state index contributed by atoms with van der Waals surface area (Å²) in [7, 11) is 0. The van der Waals surface area contributed by atoms with Crippen LogP contribution in [0.4, 0.5) is 5.69 Å². The first-order valence-corrected chi connectivity index (χ1v) is 13.6. The molecule has 3 aliphatic rings. The second-order valence-electron chi connectivity index (χ2n) is 10.5. The fraction of sp³-hybridized carbons (Fsp3) is 0.147. The van der Waals surface area contributed by atoms with Gasteiger partial charge in [0.15, 0.2) is 18.2 Å². The molecule has 0 saturated carbocycles. The fourth-order valence-corrected chi connectivity index (χ4v) is 6.92. The quantitative estimate of drug-likeness (QED) is 0.336. The Hall–Kier alpha value is -5.55. The Morgan fingerprint density at radius 1 is 0.976 bits per heavy atom. The number of rotatable bonds is 6. The number of para-hydroxylation sites is 2. The molecule has 8 heteroatoms. The number of nitriles is 1. The van der Waals surface area contributed by atoms with Gasteiger partial charge in [-0.3, -0.25) is 19.4 Å². The average Bonchev–Trinajstić information content (AvgIpc) is 3.52. The summed E-state index contributed by atoms with van der Waals surface area (Å²) >= 11 is 0. The fourth-order valence-electron chi connectivity index (χ4n) is 6.92. The van der Waals surface area contributed by atoms with Gasteiger partial charge in [0.1, 0.15) is 23.3 Å². The van der Waals surface area contributed by atoms with Crippen LogP contribution >= 0.6 is 0 Å². The van der Waals surface area contributed by atoms with E-state index < -0.39 is 23.4 Å². The molecule has 1 spiro atoms. The maximum Gasteiger partial charge on any atom is 0.238 e. The van der Waals surface area contributed by atoms with Crippen molar-refractivity contribution in [1.82, 2.24) is 9.88 Å². The highest BCUT2D eigenvalue weighted by Gasteiger charge is 2.70. The first kappa shape index (κ1) is 25.4. The van der Waals surface area contributed by atoms with Crippen molar-refractivity contribution in [3.05, 3.63) is 131 Å². The van der Waals surface area contributed by atoms with E-state index in [1.807, 2.05) is 71.8 Å². The molecule has 204 valence electrons. The molecular formula is C34H24N4O4. The summed E-state index contributed by atoms with van der Waals surface area (Å²) in [6, 6.07) is 25.4. The molecule has 4 atom stereocenters. The van der Waals surface area contributed by atoms with E-state index in [1.54, 1.807) is 42.6 Å². The number of anilines is 1. The van der Waals surface area contributed by atoms with Gasteiger partial charge in [0.05, 0.1) is 17.5 Å². The molecule has 3 aliphatic heterocycles. The lowest BCUT2D eigenvalue weighted by Crippen LogP contribution is -2.49. The van der Waals surface area contributed by atoms with E-state index in [1.165, 1.54) is 6.20 Å². The third-order valence-electron chi connectivity index (χ3n) is 8.51. The van der Waals surface area contributed by atoms with Crippen LogP contribution in [-0.4, -0.2) is 40.0 Å². The van der Waals surface area contributed by atoms with Crippen LogP contribution < -0.4 is 10.1 Å². The number of carbonyl (C=O) groups is 3. The molecule has 1 saturated heterocycles. The van der Waals surface area contributed by atoms with Crippen molar-refractivity contribution < 1.29 is 19.1 Å². The van der Waals surface area contributed by atoms with E-state index in [0.29, 0.717) is 16.8 Å². The third-order valence-corrected chi connectivity index (χ3v) is 8.51. The largest absolute Gasteiger partial charge is 0.478 e. The number of Topliss-reactive ketones (excluding diaryl/α,β-unsaturated/α-hetero) is 2. The van der Waals surface area contributed by atoms with Gasteiger partial charge in [-0.25, -0.2) is 0 Å². The Bertz CT molecular complexity index is 1830. The number of amides is 1. The van der Waals surface area contributed by atoms with Gasteiger partial charge in [-0.05, 0) is 53.1 Å². The van der Waals surface area contributed by atoms with Gasteiger partial charge < -0.3 is 15.0 Å². The minimum atomic E-state index is -1.44. The SMILES string of the molecule is N#CCOc1ccccc1C(=O)[C@@H]1[C@H](C(=O)c2cccnc2)[C@@]2(C(=O)Nc3ccccc32)[C@H]2c3ccccc3C=CN12. The lowest BCUT2D eigenvalue weighted by molar-refractivity contribution is -0.122. The summed E-state index contributed by atoms with van der Waals surface area (Å²) < 4.78 is 5.64. The van der Waals surface area contributed by atoms with Crippen molar-refractivity contribution in [3.8, 4) is 11.8 Å². The molecule has 0 bridgehead atoms. The van der Waals surface area contributed by atoms with E-state index >= 15 is 0 Å². The number of ether oxygens (including phenoxy) is 1. The summed E-state index contributed by atoms with van der Waals surface area (Å²) in [6.07, 6.45) is 6.78. The summed E-state index contributed by atoms with van der Waals surface area (Å²) in [5.41, 5.74) is 2.15. The number of hydrogen-bond donors (Lipinski definition) is 1. The molecule has 1 amide bonds. The zero-order chi connectivity index (χ0) is 28.8. The third kappa shape index (κ3) is 3.53. The number of nitrogens with one attached hydrogen (secondary N) is 1. The molecule has 4 heterocycles. The molecule has 3 aromatic carbocycles. The lowest BCUT2D eigenvalue weighted by atomic mass is 9.62. The molecule has 1 fully saturated rings. The van der Waals surface area contributed by atoms with Gasteiger partial charge >= 0.3 is 0 Å². The van der Waals surface area contributed by atoms with E-state index in [2.05, 4.69) is 10.3 Å². The molecule has 0 unspecified atom stereocenters. The van der Waals surface area contributed by atoms with Crippen molar-refractivity contribution in [3.63, 3.8) is 0 Å². The number of fused-ring (bicyclic) bond motifs is 6. The highest BCUT2D eigenvalue weighted by molar-refractivity contribution is 6.17. The number of aromatic nitrogens is 1. The molecule has 4 aromatic rings. The zero-order valence-corrected chi connectivity index (χ0v) is 22.3. The Labute approximate surface area is 241 Å². The van der Waals surface area contributed by atoms with Crippen LogP contribution in [0.2, 0.25) is 0 Å². The number of benzene rings is 3. The van der Waals surface area contributed by atoms with E-state index in [4.69, 9.17) is 10.00 Å². The number of ketones is 2. The minimum Gasteiger partial charge on any atom is -0.478 e. The van der Waals surface area contributed by atoms with Gasteiger partial charge in [0, 0.05) is 29.8 Å². The maximum absolute atomic E-state index is 14.8.